The molecule has 0 aliphatic heterocycles. The zero-order valence-electron chi connectivity index (χ0n) is 8.60. The van der Waals surface area contributed by atoms with Gasteiger partial charge in [-0.05, 0) is 0 Å². The number of carboxylic acids is 1. The van der Waals surface area contributed by atoms with Crippen molar-refractivity contribution in [3.8, 4) is 0 Å². The zero-order chi connectivity index (χ0) is 12.1. The van der Waals surface area contributed by atoms with E-state index in [1.54, 1.807) is 0 Å². The normalized spacial score (nSPS) is 13.9. The molecule has 1 amide bonds. The Hall–Kier alpha value is -1.40. The number of carbonyl (C=O) groups excluding carboxylic acids is 1. The molecule has 0 aliphatic rings. The highest BCUT2D eigenvalue weighted by molar-refractivity contribution is 5.84. The van der Waals surface area contributed by atoms with Crippen molar-refractivity contribution in [3.05, 3.63) is 12.3 Å². The molecule has 0 saturated heterocycles. The molecule has 1 atom stereocenters. The third-order valence-electron chi connectivity index (χ3n) is 1.85. The van der Waals surface area contributed by atoms with Gasteiger partial charge in [-0.25, -0.2) is 4.79 Å². The molecule has 0 aromatic rings. The molecular formula is C9H15NO5. The standard InChI is InChI=1S/C9H15NO5/c1-9(2,5-11)7(14)8(15)10-4-3-6(12)13/h3-4,7,11,14H,5H2,1-2H3,(H,10,15)(H,12,13)/t7-/m0/s1. The van der Waals surface area contributed by atoms with Crippen LogP contribution in [0.3, 0.4) is 0 Å². The minimum absolute atomic E-state index is 0.357. The summed E-state index contributed by atoms with van der Waals surface area (Å²) in [4.78, 5) is 21.3. The summed E-state index contributed by atoms with van der Waals surface area (Å²) < 4.78 is 0. The van der Waals surface area contributed by atoms with Crippen LogP contribution in [-0.2, 0) is 9.59 Å². The smallest absolute Gasteiger partial charge is 0.329 e. The maximum Gasteiger partial charge on any atom is 0.329 e. The molecule has 0 radical (unpaired) electrons. The third-order valence-corrected chi connectivity index (χ3v) is 1.85. The van der Waals surface area contributed by atoms with Crippen LogP contribution in [0.4, 0.5) is 0 Å². The SMILES string of the molecule is CC(C)(CO)[C@@H](O)C(=O)NC=CC(=O)O. The highest BCUT2D eigenvalue weighted by Crippen LogP contribution is 2.19. The first kappa shape index (κ1) is 13.6. The van der Waals surface area contributed by atoms with Gasteiger partial charge in [0.25, 0.3) is 5.91 Å². The molecule has 0 spiro atoms. The second kappa shape index (κ2) is 5.47. The second-order valence-corrected chi connectivity index (χ2v) is 3.73. The molecule has 0 bridgehead atoms. The van der Waals surface area contributed by atoms with Crippen LogP contribution >= 0.6 is 0 Å². The molecular weight excluding hydrogens is 202 g/mol. The van der Waals surface area contributed by atoms with E-state index in [1.165, 1.54) is 13.8 Å². The fraction of sp³-hybridized carbons (Fsp3) is 0.556. The van der Waals surface area contributed by atoms with Crippen LogP contribution in [0.25, 0.3) is 0 Å². The van der Waals surface area contributed by atoms with E-state index >= 15 is 0 Å². The van der Waals surface area contributed by atoms with Gasteiger partial charge in [-0.2, -0.15) is 0 Å². The van der Waals surface area contributed by atoms with Gasteiger partial charge in [-0.1, -0.05) is 13.8 Å². The summed E-state index contributed by atoms with van der Waals surface area (Å²) in [6.45, 7) is 2.67. The van der Waals surface area contributed by atoms with Gasteiger partial charge >= 0.3 is 5.97 Å². The van der Waals surface area contributed by atoms with E-state index < -0.39 is 23.4 Å². The van der Waals surface area contributed by atoms with Crippen molar-refractivity contribution in [2.24, 2.45) is 5.41 Å². The lowest BCUT2D eigenvalue weighted by Crippen LogP contribution is -2.44. The molecule has 6 nitrogen and oxygen atoms in total. The van der Waals surface area contributed by atoms with Gasteiger partial charge in [-0.15, -0.1) is 0 Å². The van der Waals surface area contributed by atoms with Crippen LogP contribution in [0.5, 0.6) is 0 Å². The molecule has 0 aliphatic carbocycles. The number of carboxylic acid groups (broad SMARTS) is 1. The number of nitrogens with one attached hydrogen (secondary N) is 1. The molecule has 0 fully saturated rings. The minimum Gasteiger partial charge on any atom is -0.478 e. The monoisotopic (exact) mass is 217 g/mol. The van der Waals surface area contributed by atoms with Crippen molar-refractivity contribution in [2.75, 3.05) is 6.61 Å². The Balaban J connectivity index is 4.28. The van der Waals surface area contributed by atoms with Crippen molar-refractivity contribution in [3.63, 3.8) is 0 Å². The van der Waals surface area contributed by atoms with Crippen LogP contribution in [0.15, 0.2) is 12.3 Å². The van der Waals surface area contributed by atoms with E-state index in [2.05, 4.69) is 5.32 Å². The Morgan fingerprint density at radius 2 is 2.00 bits per heavy atom. The van der Waals surface area contributed by atoms with Crippen LogP contribution < -0.4 is 5.32 Å². The Morgan fingerprint density at radius 1 is 1.47 bits per heavy atom. The van der Waals surface area contributed by atoms with Gasteiger partial charge < -0.3 is 20.6 Å². The number of hydrogen-bond donors (Lipinski definition) is 4. The number of rotatable bonds is 5. The molecule has 15 heavy (non-hydrogen) atoms. The van der Waals surface area contributed by atoms with Crippen molar-refractivity contribution in [2.45, 2.75) is 20.0 Å². The molecule has 4 N–H and O–H groups in total. The predicted molar refractivity (Wildman–Crippen MR) is 51.8 cm³/mol. The van der Waals surface area contributed by atoms with E-state index in [0.29, 0.717) is 0 Å². The molecule has 0 aromatic heterocycles. The van der Waals surface area contributed by atoms with Crippen LogP contribution in [0.2, 0.25) is 0 Å². The Morgan fingerprint density at radius 3 is 2.40 bits per heavy atom. The largest absolute Gasteiger partial charge is 0.478 e. The molecule has 0 rings (SSSR count). The lowest BCUT2D eigenvalue weighted by Gasteiger charge is -2.26. The van der Waals surface area contributed by atoms with Crippen molar-refractivity contribution in [1.82, 2.24) is 5.32 Å². The predicted octanol–water partition coefficient (Wildman–Crippen LogP) is -0.920. The topological polar surface area (TPSA) is 107 Å². The average Bonchev–Trinajstić information content (AvgIpc) is 2.15. The minimum atomic E-state index is -1.40. The van der Waals surface area contributed by atoms with Gasteiger partial charge in [0.2, 0.25) is 0 Å². The quantitative estimate of drug-likeness (QED) is 0.445. The molecule has 0 aromatic carbocycles. The second-order valence-electron chi connectivity index (χ2n) is 3.73. The first-order valence-corrected chi connectivity index (χ1v) is 4.30. The number of aliphatic hydroxyl groups excluding tert-OH is 2. The van der Waals surface area contributed by atoms with Gasteiger partial charge in [0.15, 0.2) is 0 Å². The van der Waals surface area contributed by atoms with E-state index in [0.717, 1.165) is 12.3 Å². The number of aliphatic hydroxyl groups is 2. The van der Waals surface area contributed by atoms with Crippen LogP contribution in [0, 0.1) is 5.41 Å². The Labute approximate surface area is 87.2 Å². The van der Waals surface area contributed by atoms with Crippen LogP contribution in [-0.4, -0.2) is 39.9 Å². The highest BCUT2D eigenvalue weighted by atomic mass is 16.4. The average molecular weight is 217 g/mol. The van der Waals surface area contributed by atoms with E-state index in [-0.39, 0.29) is 6.61 Å². The summed E-state index contributed by atoms with van der Waals surface area (Å²) in [5, 5.41) is 28.7. The first-order valence-electron chi connectivity index (χ1n) is 4.30. The lowest BCUT2D eigenvalue weighted by molar-refractivity contribution is -0.136. The van der Waals surface area contributed by atoms with Gasteiger partial charge in [0.05, 0.1) is 6.61 Å². The molecule has 6 heteroatoms. The third kappa shape index (κ3) is 4.57. The summed E-state index contributed by atoms with van der Waals surface area (Å²) in [6.07, 6.45) is 0.249. The van der Waals surface area contributed by atoms with Crippen LogP contribution in [0.1, 0.15) is 13.8 Å². The fourth-order valence-corrected chi connectivity index (χ4v) is 0.715. The highest BCUT2D eigenvalue weighted by Gasteiger charge is 2.32. The summed E-state index contributed by atoms with van der Waals surface area (Å²) >= 11 is 0. The maximum atomic E-state index is 11.2. The summed E-state index contributed by atoms with van der Waals surface area (Å²) in [7, 11) is 0. The molecule has 86 valence electrons. The molecule has 0 saturated carbocycles. The van der Waals surface area contributed by atoms with Gasteiger partial charge in [-0.3, -0.25) is 4.79 Å². The summed E-state index contributed by atoms with van der Waals surface area (Å²) in [5.74, 6) is -1.96. The number of hydrogen-bond acceptors (Lipinski definition) is 4. The maximum absolute atomic E-state index is 11.2. The summed E-state index contributed by atoms with van der Waals surface area (Å²) in [5.41, 5.74) is -0.971. The van der Waals surface area contributed by atoms with Crippen molar-refractivity contribution >= 4 is 11.9 Å². The summed E-state index contributed by atoms with van der Waals surface area (Å²) in [6, 6.07) is 0. The van der Waals surface area contributed by atoms with Crippen molar-refractivity contribution < 1.29 is 24.9 Å². The molecule has 0 heterocycles. The van der Waals surface area contributed by atoms with E-state index in [9.17, 15) is 14.7 Å². The van der Waals surface area contributed by atoms with E-state index in [1.807, 2.05) is 0 Å². The van der Waals surface area contributed by atoms with Gasteiger partial charge in [0.1, 0.15) is 6.10 Å². The van der Waals surface area contributed by atoms with E-state index in [4.69, 9.17) is 10.2 Å². The fourth-order valence-electron chi connectivity index (χ4n) is 0.715. The number of amides is 1. The lowest BCUT2D eigenvalue weighted by atomic mass is 9.87. The first-order chi connectivity index (χ1) is 6.81. The molecule has 0 unspecified atom stereocenters. The Kier molecular flexibility index (Phi) is 4.96. The number of aliphatic carboxylic acids is 1. The van der Waals surface area contributed by atoms with Crippen molar-refractivity contribution in [1.29, 1.82) is 0 Å². The number of carbonyl (C=O) groups is 2. The van der Waals surface area contributed by atoms with Gasteiger partial charge in [0, 0.05) is 17.7 Å². The zero-order valence-corrected chi connectivity index (χ0v) is 8.60. The Bertz CT molecular complexity index is 272.